The maximum absolute atomic E-state index is 12.7. The standard InChI is InChI=1S/C24H28O6/c1-3-29-23(26)11-5-4-6-12-24(27)30-22-10-8-7-9-20(22)21(25)17-18-13-15-19(28-2)16-14-18/h7-10,13-16H,3-6,11-12,17H2,1-2H3. The molecule has 160 valence electrons. The van der Waals surface area contributed by atoms with Gasteiger partial charge in [-0.15, -0.1) is 0 Å². The lowest BCUT2D eigenvalue weighted by atomic mass is 10.0. The van der Waals surface area contributed by atoms with Crippen molar-refractivity contribution in [2.45, 2.75) is 45.4 Å². The molecular formula is C24H28O6. The molecule has 0 saturated carbocycles. The Morgan fingerprint density at radius 2 is 1.50 bits per heavy atom. The molecular weight excluding hydrogens is 384 g/mol. The van der Waals surface area contributed by atoms with E-state index in [9.17, 15) is 14.4 Å². The Morgan fingerprint density at radius 1 is 0.833 bits per heavy atom. The number of ether oxygens (including phenoxy) is 3. The van der Waals surface area contributed by atoms with E-state index in [0.717, 1.165) is 17.7 Å². The van der Waals surface area contributed by atoms with Crippen molar-refractivity contribution in [3.8, 4) is 11.5 Å². The zero-order valence-electron chi connectivity index (χ0n) is 17.5. The monoisotopic (exact) mass is 412 g/mol. The lowest BCUT2D eigenvalue weighted by Crippen LogP contribution is -2.12. The highest BCUT2D eigenvalue weighted by Gasteiger charge is 2.15. The third-order valence-electron chi connectivity index (χ3n) is 4.50. The number of hydrogen-bond donors (Lipinski definition) is 0. The molecule has 0 aromatic heterocycles. The van der Waals surface area contributed by atoms with E-state index in [4.69, 9.17) is 14.2 Å². The topological polar surface area (TPSA) is 78.9 Å². The molecule has 0 radical (unpaired) electrons. The maximum Gasteiger partial charge on any atom is 0.311 e. The molecule has 6 heteroatoms. The highest BCUT2D eigenvalue weighted by molar-refractivity contribution is 6.00. The molecule has 0 saturated heterocycles. The van der Waals surface area contributed by atoms with Gasteiger partial charge in [-0.05, 0) is 49.6 Å². The Hall–Kier alpha value is -3.15. The minimum atomic E-state index is -0.393. The van der Waals surface area contributed by atoms with E-state index in [1.54, 1.807) is 50.4 Å². The van der Waals surface area contributed by atoms with Crippen molar-refractivity contribution in [3.05, 3.63) is 59.7 Å². The summed E-state index contributed by atoms with van der Waals surface area (Å²) >= 11 is 0. The van der Waals surface area contributed by atoms with Crippen LogP contribution in [0.15, 0.2) is 48.5 Å². The average molecular weight is 412 g/mol. The van der Waals surface area contributed by atoms with Gasteiger partial charge in [0.25, 0.3) is 0 Å². The van der Waals surface area contributed by atoms with Crippen LogP contribution >= 0.6 is 0 Å². The van der Waals surface area contributed by atoms with E-state index in [1.807, 2.05) is 12.1 Å². The molecule has 0 amide bonds. The summed E-state index contributed by atoms with van der Waals surface area (Å²) < 4.78 is 15.4. The summed E-state index contributed by atoms with van der Waals surface area (Å²) in [4.78, 5) is 36.2. The molecule has 2 aromatic carbocycles. The fourth-order valence-corrected chi connectivity index (χ4v) is 2.93. The van der Waals surface area contributed by atoms with Crippen LogP contribution in [-0.4, -0.2) is 31.4 Å². The fraction of sp³-hybridized carbons (Fsp3) is 0.375. The largest absolute Gasteiger partial charge is 0.497 e. The summed E-state index contributed by atoms with van der Waals surface area (Å²) in [5, 5.41) is 0. The van der Waals surface area contributed by atoms with Gasteiger partial charge in [-0.1, -0.05) is 30.7 Å². The zero-order chi connectivity index (χ0) is 21.8. The minimum Gasteiger partial charge on any atom is -0.497 e. The van der Waals surface area contributed by atoms with Crippen LogP contribution in [0, 0.1) is 0 Å². The Bertz CT molecular complexity index is 841. The van der Waals surface area contributed by atoms with Crippen molar-refractivity contribution in [2.75, 3.05) is 13.7 Å². The van der Waals surface area contributed by atoms with E-state index in [0.29, 0.717) is 31.4 Å². The van der Waals surface area contributed by atoms with Crippen molar-refractivity contribution >= 4 is 17.7 Å². The summed E-state index contributed by atoms with van der Waals surface area (Å²) in [7, 11) is 1.59. The van der Waals surface area contributed by atoms with Crippen LogP contribution < -0.4 is 9.47 Å². The van der Waals surface area contributed by atoms with Gasteiger partial charge < -0.3 is 14.2 Å². The molecule has 0 unspecified atom stereocenters. The highest BCUT2D eigenvalue weighted by Crippen LogP contribution is 2.22. The van der Waals surface area contributed by atoms with Gasteiger partial charge in [-0.2, -0.15) is 0 Å². The normalized spacial score (nSPS) is 10.3. The molecule has 2 aromatic rings. The molecule has 2 rings (SSSR count). The van der Waals surface area contributed by atoms with Gasteiger partial charge in [0.1, 0.15) is 11.5 Å². The quantitative estimate of drug-likeness (QED) is 0.220. The molecule has 0 aliphatic heterocycles. The smallest absolute Gasteiger partial charge is 0.311 e. The molecule has 0 bridgehead atoms. The Kier molecular flexibility index (Phi) is 9.58. The van der Waals surface area contributed by atoms with Crippen LogP contribution in [0.25, 0.3) is 0 Å². The SMILES string of the molecule is CCOC(=O)CCCCCC(=O)Oc1ccccc1C(=O)Cc1ccc(OC)cc1. The van der Waals surface area contributed by atoms with Crippen molar-refractivity contribution in [3.63, 3.8) is 0 Å². The van der Waals surface area contributed by atoms with Gasteiger partial charge >= 0.3 is 11.9 Å². The van der Waals surface area contributed by atoms with E-state index >= 15 is 0 Å². The van der Waals surface area contributed by atoms with Crippen molar-refractivity contribution in [1.82, 2.24) is 0 Å². The summed E-state index contributed by atoms with van der Waals surface area (Å²) in [6.07, 6.45) is 2.79. The first-order chi connectivity index (χ1) is 14.5. The first-order valence-corrected chi connectivity index (χ1v) is 10.1. The summed E-state index contributed by atoms with van der Waals surface area (Å²) in [6.45, 7) is 2.15. The van der Waals surface area contributed by atoms with Crippen LogP contribution in [0.2, 0.25) is 0 Å². The number of carbonyl (C=O) groups is 3. The molecule has 0 fully saturated rings. The first kappa shape index (κ1) is 23.1. The number of ketones is 1. The number of hydrogen-bond acceptors (Lipinski definition) is 6. The van der Waals surface area contributed by atoms with Crippen LogP contribution in [-0.2, 0) is 20.7 Å². The van der Waals surface area contributed by atoms with Gasteiger partial charge in [-0.25, -0.2) is 0 Å². The van der Waals surface area contributed by atoms with E-state index in [1.165, 1.54) is 0 Å². The fourth-order valence-electron chi connectivity index (χ4n) is 2.93. The van der Waals surface area contributed by atoms with Gasteiger partial charge in [0, 0.05) is 19.3 Å². The van der Waals surface area contributed by atoms with Crippen molar-refractivity contribution < 1.29 is 28.6 Å². The third-order valence-corrected chi connectivity index (χ3v) is 4.50. The molecule has 0 spiro atoms. The number of rotatable bonds is 12. The maximum atomic E-state index is 12.7. The number of carbonyl (C=O) groups excluding carboxylic acids is 3. The zero-order valence-corrected chi connectivity index (χ0v) is 17.5. The second kappa shape index (κ2) is 12.4. The summed E-state index contributed by atoms with van der Waals surface area (Å²) in [6, 6.07) is 14.0. The number of unbranched alkanes of at least 4 members (excludes halogenated alkanes) is 2. The first-order valence-electron chi connectivity index (χ1n) is 10.1. The number of benzene rings is 2. The van der Waals surface area contributed by atoms with Crippen LogP contribution in [0.5, 0.6) is 11.5 Å². The van der Waals surface area contributed by atoms with E-state index in [-0.39, 0.29) is 30.3 Å². The Labute approximate surface area is 177 Å². The van der Waals surface area contributed by atoms with E-state index in [2.05, 4.69) is 0 Å². The molecule has 6 nitrogen and oxygen atoms in total. The third kappa shape index (κ3) is 7.70. The number of esters is 2. The predicted molar refractivity (Wildman–Crippen MR) is 113 cm³/mol. The minimum absolute atomic E-state index is 0.127. The average Bonchev–Trinajstić information content (AvgIpc) is 2.74. The van der Waals surface area contributed by atoms with Gasteiger partial charge in [0.2, 0.25) is 0 Å². The molecule has 0 aliphatic rings. The van der Waals surface area contributed by atoms with Crippen molar-refractivity contribution in [1.29, 1.82) is 0 Å². The summed E-state index contributed by atoms with van der Waals surface area (Å²) in [5.74, 6) is 0.258. The number of para-hydroxylation sites is 1. The van der Waals surface area contributed by atoms with E-state index < -0.39 is 5.97 Å². The lowest BCUT2D eigenvalue weighted by molar-refractivity contribution is -0.143. The molecule has 0 aliphatic carbocycles. The van der Waals surface area contributed by atoms with Gasteiger partial charge in [-0.3, -0.25) is 14.4 Å². The molecule has 0 atom stereocenters. The number of Topliss-reactive ketones (excluding diaryl/α,β-unsaturated/α-hetero) is 1. The van der Waals surface area contributed by atoms with Gasteiger partial charge in [0.15, 0.2) is 5.78 Å². The molecule has 0 heterocycles. The lowest BCUT2D eigenvalue weighted by Gasteiger charge is -2.10. The van der Waals surface area contributed by atoms with Crippen molar-refractivity contribution in [2.24, 2.45) is 0 Å². The number of methoxy groups -OCH3 is 1. The predicted octanol–water partition coefficient (Wildman–Crippen LogP) is 4.54. The highest BCUT2D eigenvalue weighted by atomic mass is 16.5. The van der Waals surface area contributed by atoms with Gasteiger partial charge in [0.05, 0.1) is 19.3 Å². The van der Waals surface area contributed by atoms with Crippen LogP contribution in [0.4, 0.5) is 0 Å². The van der Waals surface area contributed by atoms with Crippen LogP contribution in [0.3, 0.4) is 0 Å². The second-order valence-electron chi connectivity index (χ2n) is 6.78. The molecule has 30 heavy (non-hydrogen) atoms. The second-order valence-corrected chi connectivity index (χ2v) is 6.78. The Balaban J connectivity index is 1.85. The molecule has 0 N–H and O–H groups in total. The summed E-state index contributed by atoms with van der Waals surface area (Å²) in [5.41, 5.74) is 1.23. The van der Waals surface area contributed by atoms with Crippen LogP contribution in [0.1, 0.15) is 54.9 Å². The Morgan fingerprint density at radius 3 is 2.17 bits per heavy atom.